The van der Waals surface area contributed by atoms with E-state index in [1.165, 1.54) is 0 Å². The molecule has 0 spiro atoms. The second-order valence-electron chi connectivity index (χ2n) is 2.47. The lowest BCUT2D eigenvalue weighted by molar-refractivity contribution is 0.179. The zero-order valence-electron chi connectivity index (χ0n) is 7.59. The van der Waals surface area contributed by atoms with Crippen LogP contribution < -0.4 is 0 Å². The maximum Gasteiger partial charge on any atom is 0.337 e. The van der Waals surface area contributed by atoms with Crippen molar-refractivity contribution >= 4 is 8.56 Å². The lowest BCUT2D eigenvalue weighted by Gasteiger charge is -2.24. The van der Waals surface area contributed by atoms with Crippen molar-refractivity contribution in [2.75, 3.05) is 19.8 Å². The molecule has 0 saturated carbocycles. The van der Waals surface area contributed by atoms with Crippen molar-refractivity contribution in [1.82, 2.24) is 0 Å². The average molecular weight is 178 g/mol. The van der Waals surface area contributed by atoms with Crippen LogP contribution in [0.5, 0.6) is 0 Å². The molecule has 0 rings (SSSR count). The molecule has 11 heavy (non-hydrogen) atoms. The Morgan fingerprint density at radius 3 is 1.91 bits per heavy atom. The van der Waals surface area contributed by atoms with Crippen molar-refractivity contribution in [2.24, 2.45) is 0 Å². The van der Waals surface area contributed by atoms with Gasteiger partial charge in [0.1, 0.15) is 0 Å². The molecule has 0 unspecified atom stereocenters. The molecule has 0 saturated heterocycles. The molecule has 0 aromatic carbocycles. The van der Waals surface area contributed by atoms with Crippen molar-refractivity contribution in [1.29, 1.82) is 0 Å². The third kappa shape index (κ3) is 4.52. The second kappa shape index (κ2) is 5.71. The highest BCUT2D eigenvalue weighted by atomic mass is 28.4. The fourth-order valence-electron chi connectivity index (χ4n) is 1.000. The summed E-state index contributed by atoms with van der Waals surface area (Å²) in [4.78, 5) is 0. The van der Waals surface area contributed by atoms with Gasteiger partial charge in [-0.05, 0) is 20.4 Å². The molecule has 0 heterocycles. The lowest BCUT2D eigenvalue weighted by Crippen LogP contribution is -2.39. The molecule has 0 amide bonds. The van der Waals surface area contributed by atoms with Gasteiger partial charge in [-0.15, -0.1) is 0 Å². The van der Waals surface area contributed by atoms with Crippen LogP contribution in [0.2, 0.25) is 12.6 Å². The zero-order valence-corrected chi connectivity index (χ0v) is 8.59. The van der Waals surface area contributed by atoms with Crippen molar-refractivity contribution < 1.29 is 14.0 Å². The summed E-state index contributed by atoms with van der Waals surface area (Å²) in [5.74, 6) is 0. The van der Waals surface area contributed by atoms with Gasteiger partial charge in [0, 0.05) is 25.9 Å². The van der Waals surface area contributed by atoms with E-state index in [-0.39, 0.29) is 6.61 Å². The average Bonchev–Trinajstić information content (AvgIpc) is 1.88. The quantitative estimate of drug-likeness (QED) is 0.620. The smallest absolute Gasteiger partial charge is 0.337 e. The molecule has 0 bridgehead atoms. The van der Waals surface area contributed by atoms with Crippen LogP contribution in [0.3, 0.4) is 0 Å². The molecular formula is C7H18O3Si. The standard InChI is InChI=1S/C7H18O3Si/c1-4-9-11(3,7-6-8)10-5-2/h8H,4-7H2,1-3H3. The van der Waals surface area contributed by atoms with Gasteiger partial charge in [-0.25, -0.2) is 0 Å². The topological polar surface area (TPSA) is 38.7 Å². The molecular weight excluding hydrogens is 160 g/mol. The predicted octanol–water partition coefficient (Wildman–Crippen LogP) is 1.12. The summed E-state index contributed by atoms with van der Waals surface area (Å²) in [7, 11) is -2.00. The van der Waals surface area contributed by atoms with Crippen LogP contribution in [-0.4, -0.2) is 33.5 Å². The summed E-state index contributed by atoms with van der Waals surface area (Å²) < 4.78 is 10.9. The van der Waals surface area contributed by atoms with Gasteiger partial charge in [-0.3, -0.25) is 0 Å². The number of hydrogen-bond donors (Lipinski definition) is 1. The summed E-state index contributed by atoms with van der Waals surface area (Å²) in [6.45, 7) is 7.37. The van der Waals surface area contributed by atoms with Crippen molar-refractivity contribution in [3.63, 3.8) is 0 Å². The molecule has 0 atom stereocenters. The molecule has 0 radical (unpaired) electrons. The van der Waals surface area contributed by atoms with Crippen molar-refractivity contribution in [3.8, 4) is 0 Å². The summed E-state index contributed by atoms with van der Waals surface area (Å²) in [6, 6.07) is 0.661. The fraction of sp³-hybridized carbons (Fsp3) is 1.00. The molecule has 0 fully saturated rings. The van der Waals surface area contributed by atoms with Crippen LogP contribution in [0, 0.1) is 0 Å². The van der Waals surface area contributed by atoms with Gasteiger partial charge < -0.3 is 14.0 Å². The van der Waals surface area contributed by atoms with E-state index in [2.05, 4.69) is 0 Å². The monoisotopic (exact) mass is 178 g/mol. The first-order valence-electron chi connectivity index (χ1n) is 4.07. The Morgan fingerprint density at radius 1 is 1.18 bits per heavy atom. The van der Waals surface area contributed by atoms with Gasteiger partial charge in [0.25, 0.3) is 0 Å². The largest absolute Gasteiger partial charge is 0.396 e. The number of aliphatic hydroxyl groups is 1. The normalized spacial score (nSPS) is 12.0. The third-order valence-corrected chi connectivity index (χ3v) is 4.40. The number of aliphatic hydroxyl groups excluding tert-OH is 1. The van der Waals surface area contributed by atoms with E-state index in [4.69, 9.17) is 14.0 Å². The van der Waals surface area contributed by atoms with E-state index in [0.29, 0.717) is 19.3 Å². The lowest BCUT2D eigenvalue weighted by atomic mass is 10.9. The van der Waals surface area contributed by atoms with Gasteiger partial charge in [0.15, 0.2) is 0 Å². The van der Waals surface area contributed by atoms with Gasteiger partial charge in [-0.1, -0.05) is 0 Å². The third-order valence-electron chi connectivity index (χ3n) is 1.47. The first kappa shape index (κ1) is 11.1. The SMILES string of the molecule is CCO[Si](C)(CCO)OCC. The molecule has 0 aliphatic carbocycles. The summed E-state index contributed by atoms with van der Waals surface area (Å²) in [6.07, 6.45) is 0. The molecule has 0 aromatic heterocycles. The molecule has 1 N–H and O–H groups in total. The molecule has 4 heteroatoms. The van der Waals surface area contributed by atoms with E-state index in [9.17, 15) is 0 Å². The van der Waals surface area contributed by atoms with Crippen LogP contribution in [0.4, 0.5) is 0 Å². The minimum atomic E-state index is -2.00. The van der Waals surface area contributed by atoms with Gasteiger partial charge in [0.05, 0.1) is 0 Å². The van der Waals surface area contributed by atoms with Gasteiger partial charge in [-0.2, -0.15) is 0 Å². The summed E-state index contributed by atoms with van der Waals surface area (Å²) >= 11 is 0. The van der Waals surface area contributed by atoms with Crippen LogP contribution >= 0.6 is 0 Å². The highest BCUT2D eigenvalue weighted by molar-refractivity contribution is 6.66. The Kier molecular flexibility index (Phi) is 5.76. The second-order valence-corrected chi connectivity index (χ2v) is 5.82. The van der Waals surface area contributed by atoms with E-state index in [0.717, 1.165) is 0 Å². The Balaban J connectivity index is 3.79. The van der Waals surface area contributed by atoms with E-state index in [1.54, 1.807) is 0 Å². The molecule has 0 aliphatic rings. The Morgan fingerprint density at radius 2 is 1.64 bits per heavy atom. The molecule has 0 aliphatic heterocycles. The minimum absolute atomic E-state index is 0.155. The number of rotatable bonds is 6. The maximum atomic E-state index is 8.73. The van der Waals surface area contributed by atoms with E-state index in [1.807, 2.05) is 20.4 Å². The van der Waals surface area contributed by atoms with Crippen LogP contribution in [0.1, 0.15) is 13.8 Å². The highest BCUT2D eigenvalue weighted by Crippen LogP contribution is 2.11. The molecule has 0 aromatic rings. The van der Waals surface area contributed by atoms with Gasteiger partial charge >= 0.3 is 8.56 Å². The van der Waals surface area contributed by atoms with E-state index >= 15 is 0 Å². The molecule has 68 valence electrons. The Labute approximate surface area is 69.6 Å². The summed E-state index contributed by atoms with van der Waals surface area (Å²) in [5, 5.41) is 8.73. The fourth-order valence-corrected chi connectivity index (χ4v) is 3.00. The van der Waals surface area contributed by atoms with Crippen molar-refractivity contribution in [2.45, 2.75) is 26.4 Å². The Hall–Kier alpha value is 0.0969. The predicted molar refractivity (Wildman–Crippen MR) is 46.8 cm³/mol. The highest BCUT2D eigenvalue weighted by Gasteiger charge is 2.29. The Bertz CT molecular complexity index is 80.7. The van der Waals surface area contributed by atoms with Crippen LogP contribution in [-0.2, 0) is 8.85 Å². The maximum absolute atomic E-state index is 8.73. The van der Waals surface area contributed by atoms with Crippen molar-refractivity contribution in [3.05, 3.63) is 0 Å². The summed E-state index contributed by atoms with van der Waals surface area (Å²) in [5.41, 5.74) is 0. The molecule has 3 nitrogen and oxygen atoms in total. The number of hydrogen-bond acceptors (Lipinski definition) is 3. The minimum Gasteiger partial charge on any atom is -0.396 e. The first-order valence-corrected chi connectivity index (χ1v) is 6.59. The first-order chi connectivity index (χ1) is 5.18. The van der Waals surface area contributed by atoms with Gasteiger partial charge in [0.2, 0.25) is 0 Å². The van der Waals surface area contributed by atoms with E-state index < -0.39 is 8.56 Å². The zero-order chi connectivity index (χ0) is 8.74. The van der Waals surface area contributed by atoms with Crippen LogP contribution in [0.25, 0.3) is 0 Å². The van der Waals surface area contributed by atoms with Crippen LogP contribution in [0.15, 0.2) is 0 Å².